The van der Waals surface area contributed by atoms with Crippen LogP contribution in [0, 0.1) is 12.7 Å². The average molecular weight is 515 g/mol. The predicted octanol–water partition coefficient (Wildman–Crippen LogP) is 5.87. The van der Waals surface area contributed by atoms with E-state index in [9.17, 15) is 14.0 Å². The van der Waals surface area contributed by atoms with Crippen LogP contribution in [0.15, 0.2) is 82.9 Å². The highest BCUT2D eigenvalue weighted by molar-refractivity contribution is 8.15. The molecule has 6 nitrogen and oxygen atoms in total. The molecule has 0 fully saturated rings. The zero-order valence-corrected chi connectivity index (χ0v) is 21.5. The van der Waals surface area contributed by atoms with Gasteiger partial charge in [-0.05, 0) is 54.3 Å². The third-order valence-corrected chi connectivity index (χ3v) is 7.63. The molecule has 0 aliphatic carbocycles. The first kappa shape index (κ1) is 24.9. The van der Waals surface area contributed by atoms with Gasteiger partial charge in [-0.1, -0.05) is 72.8 Å². The second kappa shape index (κ2) is 10.7. The smallest absolute Gasteiger partial charge is 0.262 e. The third kappa shape index (κ3) is 5.64. The van der Waals surface area contributed by atoms with Gasteiger partial charge in [-0.15, -0.1) is 0 Å². The number of halogens is 1. The van der Waals surface area contributed by atoms with E-state index in [0.717, 1.165) is 28.8 Å². The Morgan fingerprint density at radius 3 is 2.43 bits per heavy atom. The molecule has 2 aliphatic heterocycles. The lowest BCUT2D eigenvalue weighted by Crippen LogP contribution is -2.25. The van der Waals surface area contributed by atoms with Crippen molar-refractivity contribution >= 4 is 40.1 Å². The number of nitrogens with zero attached hydrogens (tertiary/aromatic N) is 3. The second-order valence-corrected chi connectivity index (χ2v) is 10.3. The van der Waals surface area contributed by atoms with Gasteiger partial charge in [0.05, 0.1) is 11.8 Å². The minimum Gasteiger partial charge on any atom is -0.326 e. The molecular formula is C29H27FN4O2S. The lowest BCUT2D eigenvalue weighted by molar-refractivity contribution is -0.121. The van der Waals surface area contributed by atoms with Crippen molar-refractivity contribution in [2.45, 2.75) is 44.4 Å². The van der Waals surface area contributed by atoms with E-state index in [1.807, 2.05) is 55.5 Å². The van der Waals surface area contributed by atoms with Crippen LogP contribution in [0.2, 0.25) is 0 Å². The van der Waals surface area contributed by atoms with Crippen molar-refractivity contribution in [2.24, 2.45) is 10.1 Å². The molecule has 2 atom stereocenters. The molecule has 2 amide bonds. The van der Waals surface area contributed by atoms with Gasteiger partial charge < -0.3 is 5.32 Å². The van der Waals surface area contributed by atoms with Gasteiger partial charge in [0.2, 0.25) is 5.91 Å². The summed E-state index contributed by atoms with van der Waals surface area (Å²) in [6.07, 6.45) is 1.53. The highest BCUT2D eigenvalue weighted by atomic mass is 32.2. The summed E-state index contributed by atoms with van der Waals surface area (Å²) in [5, 5.41) is 9.30. The molecule has 1 N–H and O–H groups in total. The van der Waals surface area contributed by atoms with Gasteiger partial charge >= 0.3 is 0 Å². The van der Waals surface area contributed by atoms with Gasteiger partial charge in [-0.3, -0.25) is 9.59 Å². The van der Waals surface area contributed by atoms with Crippen LogP contribution in [0.1, 0.15) is 48.1 Å². The van der Waals surface area contributed by atoms with Gasteiger partial charge in [0.15, 0.2) is 5.17 Å². The third-order valence-electron chi connectivity index (χ3n) is 6.49. The van der Waals surface area contributed by atoms with Gasteiger partial charge in [-0.25, -0.2) is 9.40 Å². The minimum absolute atomic E-state index is 0.0175. The molecule has 37 heavy (non-hydrogen) atoms. The topological polar surface area (TPSA) is 74.1 Å². The summed E-state index contributed by atoms with van der Waals surface area (Å²) in [5.74, 6) is -0.888. The molecular weight excluding hydrogens is 487 g/mol. The maximum atomic E-state index is 13.5. The summed E-state index contributed by atoms with van der Waals surface area (Å²) in [6.45, 7) is 4.10. The number of rotatable bonds is 6. The summed E-state index contributed by atoms with van der Waals surface area (Å²) >= 11 is 1.26. The van der Waals surface area contributed by atoms with E-state index in [2.05, 4.69) is 17.2 Å². The van der Waals surface area contributed by atoms with Crippen LogP contribution in [0.5, 0.6) is 0 Å². The van der Waals surface area contributed by atoms with E-state index in [4.69, 9.17) is 5.10 Å². The van der Waals surface area contributed by atoms with Crippen LogP contribution in [-0.2, 0) is 16.0 Å². The maximum Gasteiger partial charge on any atom is 0.262 e. The Labute approximate surface area is 219 Å². The fourth-order valence-corrected chi connectivity index (χ4v) is 5.42. The van der Waals surface area contributed by atoms with Crippen LogP contribution in [0.3, 0.4) is 0 Å². The standard InChI is InChI=1S/C29H27FN4O2S/c1-3-19-6-14-23(15-7-19)31-27(35)17-26-28(36)32-29(37-26)34-25(21-8-4-18(2)5-9-21)16-24(33-34)20-10-12-22(30)13-11-20/h4-15,25-26H,3,16-17H2,1-2H3,(H,31,35)/t25-,26+/m0/s1. The number of aliphatic imine (C=N–C) groups is 1. The Morgan fingerprint density at radius 2 is 1.76 bits per heavy atom. The van der Waals surface area contributed by atoms with Crippen molar-refractivity contribution in [3.05, 3.63) is 101 Å². The molecule has 0 saturated heterocycles. The number of anilines is 1. The van der Waals surface area contributed by atoms with Crippen molar-refractivity contribution < 1.29 is 14.0 Å². The molecule has 0 bridgehead atoms. The molecule has 0 aromatic heterocycles. The van der Waals surface area contributed by atoms with Gasteiger partial charge in [-0.2, -0.15) is 10.1 Å². The number of carbonyl (C=O) groups is 2. The van der Waals surface area contributed by atoms with E-state index >= 15 is 0 Å². The van der Waals surface area contributed by atoms with Crippen molar-refractivity contribution in [3.63, 3.8) is 0 Å². The van der Waals surface area contributed by atoms with Crippen molar-refractivity contribution in [2.75, 3.05) is 5.32 Å². The number of hydrazone groups is 1. The average Bonchev–Trinajstić information content (AvgIpc) is 3.49. The molecule has 0 unspecified atom stereocenters. The number of hydrogen-bond acceptors (Lipinski definition) is 5. The normalized spacial score (nSPS) is 19.1. The van der Waals surface area contributed by atoms with Crippen LogP contribution in [-0.4, -0.2) is 33.0 Å². The lowest BCUT2D eigenvalue weighted by Gasteiger charge is -2.23. The number of carbonyl (C=O) groups excluding carboxylic acids is 2. The fraction of sp³-hybridized carbons (Fsp3) is 0.241. The zero-order valence-electron chi connectivity index (χ0n) is 20.6. The molecule has 0 saturated carbocycles. The van der Waals surface area contributed by atoms with Crippen LogP contribution in [0.25, 0.3) is 0 Å². The first-order valence-electron chi connectivity index (χ1n) is 12.3. The second-order valence-electron chi connectivity index (χ2n) is 9.17. The minimum atomic E-state index is -0.617. The molecule has 2 heterocycles. The molecule has 5 rings (SSSR count). The van der Waals surface area contributed by atoms with Crippen LogP contribution >= 0.6 is 11.8 Å². The van der Waals surface area contributed by atoms with Gasteiger partial charge in [0.25, 0.3) is 5.91 Å². The highest BCUT2D eigenvalue weighted by Crippen LogP contribution is 2.38. The van der Waals surface area contributed by atoms with E-state index in [1.165, 1.54) is 29.5 Å². The number of aryl methyl sites for hydroxylation is 2. The molecule has 188 valence electrons. The summed E-state index contributed by atoms with van der Waals surface area (Å²) in [7, 11) is 0. The van der Waals surface area contributed by atoms with E-state index < -0.39 is 5.25 Å². The van der Waals surface area contributed by atoms with Crippen LogP contribution in [0.4, 0.5) is 10.1 Å². The Morgan fingerprint density at radius 1 is 1.05 bits per heavy atom. The Hall–Kier alpha value is -3.78. The molecule has 0 spiro atoms. The summed E-state index contributed by atoms with van der Waals surface area (Å²) in [5.41, 5.74) is 5.68. The van der Waals surface area contributed by atoms with Crippen molar-refractivity contribution in [1.29, 1.82) is 0 Å². The van der Waals surface area contributed by atoms with E-state index in [0.29, 0.717) is 17.3 Å². The SMILES string of the molecule is CCc1ccc(NC(=O)C[C@H]2SC(N3N=C(c4ccc(F)cc4)C[C@H]3c3ccc(C)cc3)=NC2=O)cc1. The molecule has 3 aromatic carbocycles. The quantitative estimate of drug-likeness (QED) is 0.446. The monoisotopic (exact) mass is 514 g/mol. The number of nitrogens with one attached hydrogen (secondary N) is 1. The summed E-state index contributed by atoms with van der Waals surface area (Å²) in [6, 6.07) is 21.9. The highest BCUT2D eigenvalue weighted by Gasteiger charge is 2.39. The molecule has 3 aromatic rings. The largest absolute Gasteiger partial charge is 0.326 e. The molecule has 2 aliphatic rings. The van der Waals surface area contributed by atoms with E-state index in [-0.39, 0.29) is 30.1 Å². The van der Waals surface area contributed by atoms with Crippen LogP contribution < -0.4 is 5.32 Å². The first-order valence-corrected chi connectivity index (χ1v) is 13.1. The summed E-state index contributed by atoms with van der Waals surface area (Å²) in [4.78, 5) is 29.8. The van der Waals surface area contributed by atoms with Crippen molar-refractivity contribution in [3.8, 4) is 0 Å². The number of amidine groups is 1. The Kier molecular flexibility index (Phi) is 7.19. The number of hydrogen-bond donors (Lipinski definition) is 1. The number of benzene rings is 3. The first-order chi connectivity index (χ1) is 17.9. The van der Waals surface area contributed by atoms with Gasteiger partial charge in [0.1, 0.15) is 11.1 Å². The fourth-order valence-electron chi connectivity index (χ4n) is 4.36. The Bertz CT molecular complexity index is 1370. The van der Waals surface area contributed by atoms with Crippen molar-refractivity contribution in [1.82, 2.24) is 5.01 Å². The maximum absolute atomic E-state index is 13.5. The number of amides is 2. The predicted molar refractivity (Wildman–Crippen MR) is 146 cm³/mol. The van der Waals surface area contributed by atoms with E-state index in [1.54, 1.807) is 17.1 Å². The zero-order chi connectivity index (χ0) is 25.9. The van der Waals surface area contributed by atoms with Gasteiger partial charge in [0, 0.05) is 18.5 Å². The summed E-state index contributed by atoms with van der Waals surface area (Å²) < 4.78 is 13.5. The molecule has 0 radical (unpaired) electrons. The lowest BCUT2D eigenvalue weighted by atomic mass is 9.98. The Balaban J connectivity index is 1.33. The molecule has 8 heteroatoms. The number of thioether (sulfide) groups is 1.